The molecule has 2 aromatic carbocycles. The molecule has 0 N–H and O–H groups in total. The van der Waals surface area contributed by atoms with Crippen LogP contribution in [0.25, 0.3) is 0 Å². The second-order valence-electron chi connectivity index (χ2n) is 7.28. The van der Waals surface area contributed by atoms with Gasteiger partial charge in [0.25, 0.3) is 0 Å². The average Bonchev–Trinajstić information content (AvgIpc) is 3.21. The molecule has 162 valence electrons. The number of rotatable bonds is 6. The highest BCUT2D eigenvalue weighted by Gasteiger charge is 2.34. The lowest BCUT2D eigenvalue weighted by molar-refractivity contribution is -0.138. The Morgan fingerprint density at radius 3 is 2.48 bits per heavy atom. The van der Waals surface area contributed by atoms with E-state index in [1.165, 1.54) is 6.07 Å². The molecule has 0 bridgehead atoms. The molecule has 0 unspecified atom stereocenters. The van der Waals surface area contributed by atoms with Gasteiger partial charge in [-0.25, -0.2) is 0 Å². The minimum atomic E-state index is -4.44. The monoisotopic (exact) mass is 430 g/mol. The number of ether oxygens (including phenoxy) is 2. The standard InChI is InChI=1S/C23H21F3N2O3/c1-30-18-7-9-19(10-8-18)31-15-21-20-6-3-11-27(20)14-22(29)28(21)13-16-4-2-5-17(12-16)23(24,25)26/h2-12,21H,13-15H2,1H3/t21-/m0/s1. The average molecular weight is 430 g/mol. The van der Waals surface area contributed by atoms with Crippen molar-refractivity contribution in [2.45, 2.75) is 25.3 Å². The molecule has 8 heteroatoms. The molecule has 0 fully saturated rings. The Morgan fingerprint density at radius 1 is 1.03 bits per heavy atom. The number of halogens is 3. The zero-order valence-corrected chi connectivity index (χ0v) is 16.8. The second-order valence-corrected chi connectivity index (χ2v) is 7.28. The number of methoxy groups -OCH3 is 1. The van der Waals surface area contributed by atoms with Crippen LogP contribution in [0.2, 0.25) is 0 Å². The molecule has 0 saturated carbocycles. The number of hydrogen-bond donors (Lipinski definition) is 0. The van der Waals surface area contributed by atoms with Crippen LogP contribution in [0.15, 0.2) is 66.9 Å². The summed E-state index contributed by atoms with van der Waals surface area (Å²) in [5.74, 6) is 1.13. The molecule has 1 aliphatic rings. The zero-order valence-electron chi connectivity index (χ0n) is 16.8. The lowest BCUT2D eigenvalue weighted by Gasteiger charge is -2.36. The molecule has 2 heterocycles. The van der Waals surface area contributed by atoms with Crippen molar-refractivity contribution in [3.05, 3.63) is 83.7 Å². The van der Waals surface area contributed by atoms with E-state index < -0.39 is 17.8 Å². The van der Waals surface area contributed by atoms with Gasteiger partial charge >= 0.3 is 6.18 Å². The lowest BCUT2D eigenvalue weighted by Crippen LogP contribution is -2.44. The van der Waals surface area contributed by atoms with Crippen LogP contribution in [0.3, 0.4) is 0 Å². The maximum atomic E-state index is 13.1. The Morgan fingerprint density at radius 2 is 1.77 bits per heavy atom. The van der Waals surface area contributed by atoms with Crippen LogP contribution in [-0.2, 0) is 24.1 Å². The van der Waals surface area contributed by atoms with Gasteiger partial charge in [-0.15, -0.1) is 0 Å². The van der Waals surface area contributed by atoms with Gasteiger partial charge in [0.2, 0.25) is 5.91 Å². The number of nitrogens with zero attached hydrogens (tertiary/aromatic N) is 2. The Bertz CT molecular complexity index is 1060. The molecule has 31 heavy (non-hydrogen) atoms. The molecule has 1 aliphatic heterocycles. The van der Waals surface area contributed by atoms with E-state index in [1.54, 1.807) is 42.3 Å². The first-order chi connectivity index (χ1) is 14.8. The van der Waals surface area contributed by atoms with Gasteiger partial charge in [-0.3, -0.25) is 4.79 Å². The van der Waals surface area contributed by atoms with Crippen molar-refractivity contribution in [1.82, 2.24) is 9.47 Å². The topological polar surface area (TPSA) is 43.7 Å². The van der Waals surface area contributed by atoms with Crippen LogP contribution >= 0.6 is 0 Å². The van der Waals surface area contributed by atoms with E-state index >= 15 is 0 Å². The summed E-state index contributed by atoms with van der Waals surface area (Å²) in [6.45, 7) is 0.367. The maximum Gasteiger partial charge on any atom is 0.416 e. The van der Waals surface area contributed by atoms with Crippen LogP contribution in [0, 0.1) is 0 Å². The minimum absolute atomic E-state index is 0.0601. The van der Waals surface area contributed by atoms with Crippen molar-refractivity contribution in [2.24, 2.45) is 0 Å². The number of carbonyl (C=O) groups is 1. The molecule has 0 spiro atoms. The van der Waals surface area contributed by atoms with Crippen molar-refractivity contribution in [1.29, 1.82) is 0 Å². The van der Waals surface area contributed by atoms with E-state index in [-0.39, 0.29) is 25.6 Å². The fraction of sp³-hybridized carbons (Fsp3) is 0.261. The summed E-state index contributed by atoms with van der Waals surface area (Å²) >= 11 is 0. The quantitative estimate of drug-likeness (QED) is 0.571. The molecule has 0 radical (unpaired) electrons. The van der Waals surface area contributed by atoms with Gasteiger partial charge in [0, 0.05) is 18.4 Å². The summed E-state index contributed by atoms with van der Waals surface area (Å²) in [4.78, 5) is 14.4. The van der Waals surface area contributed by atoms with Crippen molar-refractivity contribution in [3.8, 4) is 11.5 Å². The predicted molar refractivity (Wildman–Crippen MR) is 108 cm³/mol. The summed E-state index contributed by atoms with van der Waals surface area (Å²) in [7, 11) is 1.57. The van der Waals surface area contributed by atoms with Crippen LogP contribution in [0.1, 0.15) is 22.9 Å². The minimum Gasteiger partial charge on any atom is -0.497 e. The number of carbonyl (C=O) groups excluding carboxylic acids is 1. The number of fused-ring (bicyclic) bond motifs is 1. The summed E-state index contributed by atoms with van der Waals surface area (Å²) in [5.41, 5.74) is 0.557. The lowest BCUT2D eigenvalue weighted by atomic mass is 10.1. The number of hydrogen-bond acceptors (Lipinski definition) is 3. The van der Waals surface area contributed by atoms with Gasteiger partial charge in [0.1, 0.15) is 30.7 Å². The highest BCUT2D eigenvalue weighted by Crippen LogP contribution is 2.32. The van der Waals surface area contributed by atoms with E-state index in [9.17, 15) is 18.0 Å². The SMILES string of the molecule is COc1ccc(OC[C@H]2c3cccn3CC(=O)N2Cc2cccc(C(F)(F)F)c2)cc1. The van der Waals surface area contributed by atoms with E-state index in [4.69, 9.17) is 9.47 Å². The van der Waals surface area contributed by atoms with E-state index in [2.05, 4.69) is 0 Å². The molecule has 1 aromatic heterocycles. The third kappa shape index (κ3) is 4.52. The van der Waals surface area contributed by atoms with Gasteiger partial charge < -0.3 is 18.9 Å². The summed E-state index contributed by atoms with van der Waals surface area (Å²) in [6, 6.07) is 15.4. The van der Waals surface area contributed by atoms with E-state index in [0.29, 0.717) is 17.1 Å². The summed E-state index contributed by atoms with van der Waals surface area (Å²) in [6.07, 6.45) is -2.62. The molecular formula is C23H21F3N2O3. The fourth-order valence-corrected chi connectivity index (χ4v) is 3.71. The highest BCUT2D eigenvalue weighted by atomic mass is 19.4. The van der Waals surface area contributed by atoms with Crippen molar-refractivity contribution in [3.63, 3.8) is 0 Å². The maximum absolute atomic E-state index is 13.1. The van der Waals surface area contributed by atoms with Gasteiger partial charge in [0.15, 0.2) is 0 Å². The van der Waals surface area contributed by atoms with Gasteiger partial charge in [0.05, 0.1) is 12.7 Å². The van der Waals surface area contributed by atoms with Crippen LogP contribution in [-0.4, -0.2) is 29.1 Å². The zero-order chi connectivity index (χ0) is 22.0. The van der Waals surface area contributed by atoms with Crippen LogP contribution < -0.4 is 9.47 Å². The molecule has 1 amide bonds. The molecule has 0 saturated heterocycles. The molecule has 5 nitrogen and oxygen atoms in total. The summed E-state index contributed by atoms with van der Waals surface area (Å²) in [5, 5.41) is 0. The fourth-order valence-electron chi connectivity index (χ4n) is 3.71. The van der Waals surface area contributed by atoms with Crippen molar-refractivity contribution < 1.29 is 27.4 Å². The highest BCUT2D eigenvalue weighted by molar-refractivity contribution is 5.78. The normalized spacial score (nSPS) is 16.2. The summed E-state index contributed by atoms with van der Waals surface area (Å²) < 4.78 is 52.2. The van der Waals surface area contributed by atoms with Gasteiger partial charge in [-0.1, -0.05) is 12.1 Å². The molecule has 4 rings (SSSR count). The van der Waals surface area contributed by atoms with Crippen molar-refractivity contribution in [2.75, 3.05) is 13.7 Å². The van der Waals surface area contributed by atoms with Crippen LogP contribution in [0.4, 0.5) is 13.2 Å². The molecule has 0 aliphatic carbocycles. The molecular weight excluding hydrogens is 409 g/mol. The number of benzene rings is 2. The third-order valence-corrected chi connectivity index (χ3v) is 5.28. The van der Waals surface area contributed by atoms with E-state index in [1.807, 2.05) is 22.9 Å². The number of alkyl halides is 3. The van der Waals surface area contributed by atoms with Crippen LogP contribution in [0.5, 0.6) is 11.5 Å². The second kappa shape index (κ2) is 8.37. The Hall–Kier alpha value is -3.42. The number of aromatic nitrogens is 1. The van der Waals surface area contributed by atoms with Gasteiger partial charge in [-0.05, 0) is 54.1 Å². The molecule has 3 aromatic rings. The Labute approximate surface area is 177 Å². The van der Waals surface area contributed by atoms with Crippen molar-refractivity contribution >= 4 is 5.91 Å². The molecule has 1 atom stereocenters. The predicted octanol–water partition coefficient (Wildman–Crippen LogP) is 4.68. The largest absolute Gasteiger partial charge is 0.497 e. The van der Waals surface area contributed by atoms with Gasteiger partial charge in [-0.2, -0.15) is 13.2 Å². The Kier molecular flexibility index (Phi) is 5.63. The first-order valence-corrected chi connectivity index (χ1v) is 9.72. The number of amides is 1. The Balaban J connectivity index is 1.58. The van der Waals surface area contributed by atoms with E-state index in [0.717, 1.165) is 17.8 Å². The third-order valence-electron chi connectivity index (χ3n) is 5.28. The smallest absolute Gasteiger partial charge is 0.416 e. The first kappa shape index (κ1) is 20.8. The first-order valence-electron chi connectivity index (χ1n) is 9.72.